The Kier molecular flexibility index (Phi) is 4.96. The van der Waals surface area contributed by atoms with Gasteiger partial charge in [0.15, 0.2) is 0 Å². The Balaban J connectivity index is 1.95. The van der Waals surface area contributed by atoms with Crippen molar-refractivity contribution < 1.29 is 4.43 Å². The van der Waals surface area contributed by atoms with E-state index in [0.29, 0.717) is 0 Å². The third-order valence-corrected chi connectivity index (χ3v) is 3.68. The summed E-state index contributed by atoms with van der Waals surface area (Å²) in [6, 6.07) is 8.24. The lowest BCUT2D eigenvalue weighted by Crippen LogP contribution is -2.29. The van der Waals surface area contributed by atoms with Gasteiger partial charge in [-0.15, -0.1) is 0 Å². The summed E-state index contributed by atoms with van der Waals surface area (Å²) in [4.78, 5) is 8.66. The molecule has 1 heterocycles. The highest BCUT2D eigenvalue weighted by atomic mass is 28.4. The highest BCUT2D eigenvalue weighted by Gasteiger charge is 2.17. The third-order valence-electron chi connectivity index (χ3n) is 2.85. The number of para-hydroxylation sites is 1. The first kappa shape index (κ1) is 15.5. The molecule has 2 rings (SSSR count). The predicted octanol–water partition coefficient (Wildman–Crippen LogP) is 3.30. The van der Waals surface area contributed by atoms with Gasteiger partial charge in [0, 0.05) is 26.0 Å². The number of imidazole rings is 1. The number of aromatic nitrogens is 2. The first-order valence-corrected chi connectivity index (χ1v) is 10.6. The van der Waals surface area contributed by atoms with Crippen molar-refractivity contribution in [3.63, 3.8) is 0 Å². The maximum Gasteiger partial charge on any atom is 0.242 e. The first-order valence-electron chi connectivity index (χ1n) is 7.19. The largest absolute Gasteiger partial charge is 0.544 e. The standard InChI is InChI=1S/C16H23N3OSi/c1-19-12-15(18-13-19)11-17-10-9-14-7-5-6-8-16(14)20-21(2,3)4/h5-8,11-13H,9-10H2,1-4H3. The molecule has 0 fully saturated rings. The predicted molar refractivity (Wildman–Crippen MR) is 89.8 cm³/mol. The van der Waals surface area contributed by atoms with E-state index in [9.17, 15) is 0 Å². The van der Waals surface area contributed by atoms with E-state index < -0.39 is 8.32 Å². The molecule has 0 spiro atoms. The number of hydrogen-bond acceptors (Lipinski definition) is 3. The third kappa shape index (κ3) is 5.19. The second-order valence-corrected chi connectivity index (χ2v) is 10.5. The normalized spacial score (nSPS) is 12.0. The van der Waals surface area contributed by atoms with Crippen molar-refractivity contribution in [2.75, 3.05) is 6.54 Å². The Morgan fingerprint density at radius 3 is 2.71 bits per heavy atom. The summed E-state index contributed by atoms with van der Waals surface area (Å²) in [5, 5.41) is 0. The van der Waals surface area contributed by atoms with Crippen LogP contribution in [0.5, 0.6) is 5.75 Å². The summed E-state index contributed by atoms with van der Waals surface area (Å²) < 4.78 is 8.04. The Labute approximate surface area is 127 Å². The molecule has 0 aliphatic heterocycles. The summed E-state index contributed by atoms with van der Waals surface area (Å²) in [6.45, 7) is 7.33. The van der Waals surface area contributed by atoms with Gasteiger partial charge in [0.1, 0.15) is 5.75 Å². The molecule has 0 saturated carbocycles. The number of aryl methyl sites for hydroxylation is 1. The Morgan fingerprint density at radius 2 is 2.05 bits per heavy atom. The molecule has 0 saturated heterocycles. The minimum Gasteiger partial charge on any atom is -0.544 e. The highest BCUT2D eigenvalue weighted by molar-refractivity contribution is 6.70. The Bertz CT molecular complexity index is 614. The van der Waals surface area contributed by atoms with Crippen LogP contribution in [-0.4, -0.2) is 30.6 Å². The topological polar surface area (TPSA) is 39.4 Å². The van der Waals surface area contributed by atoms with Gasteiger partial charge in [-0.05, 0) is 37.7 Å². The fourth-order valence-corrected chi connectivity index (χ4v) is 2.84. The molecule has 0 aliphatic carbocycles. The molecule has 21 heavy (non-hydrogen) atoms. The number of rotatable bonds is 6. The summed E-state index contributed by atoms with van der Waals surface area (Å²) in [5.41, 5.74) is 2.11. The van der Waals surface area contributed by atoms with Crippen molar-refractivity contribution >= 4 is 14.5 Å². The maximum absolute atomic E-state index is 6.12. The van der Waals surface area contributed by atoms with Crippen LogP contribution in [0.15, 0.2) is 41.8 Å². The van der Waals surface area contributed by atoms with Crippen LogP contribution in [0.25, 0.3) is 0 Å². The van der Waals surface area contributed by atoms with Crippen molar-refractivity contribution in [1.29, 1.82) is 0 Å². The summed E-state index contributed by atoms with van der Waals surface area (Å²) in [5.74, 6) is 1.00. The van der Waals surface area contributed by atoms with Crippen molar-refractivity contribution in [1.82, 2.24) is 9.55 Å². The molecule has 5 heteroatoms. The fraction of sp³-hybridized carbons (Fsp3) is 0.375. The average molecular weight is 301 g/mol. The molecule has 0 unspecified atom stereocenters. The van der Waals surface area contributed by atoms with Gasteiger partial charge in [-0.2, -0.15) is 0 Å². The van der Waals surface area contributed by atoms with Crippen molar-refractivity contribution in [3.8, 4) is 5.75 Å². The van der Waals surface area contributed by atoms with Gasteiger partial charge < -0.3 is 8.99 Å². The van der Waals surface area contributed by atoms with E-state index in [2.05, 4.69) is 47.8 Å². The quantitative estimate of drug-likeness (QED) is 0.606. The lowest BCUT2D eigenvalue weighted by molar-refractivity contribution is 0.549. The van der Waals surface area contributed by atoms with Crippen LogP contribution in [0, 0.1) is 0 Å². The average Bonchev–Trinajstić information content (AvgIpc) is 2.80. The molecule has 1 aromatic heterocycles. The van der Waals surface area contributed by atoms with Gasteiger partial charge in [0.2, 0.25) is 8.32 Å². The monoisotopic (exact) mass is 301 g/mol. The van der Waals surface area contributed by atoms with E-state index in [4.69, 9.17) is 4.43 Å². The molecule has 112 valence electrons. The molecule has 2 aromatic rings. The second-order valence-electron chi connectivity index (χ2n) is 6.07. The molecular formula is C16H23N3OSi. The molecule has 0 aliphatic rings. The second kappa shape index (κ2) is 6.71. The van der Waals surface area contributed by atoms with Gasteiger partial charge in [0.25, 0.3) is 0 Å². The van der Waals surface area contributed by atoms with Crippen LogP contribution in [-0.2, 0) is 13.5 Å². The summed E-state index contributed by atoms with van der Waals surface area (Å²) in [7, 11) is 0.375. The zero-order valence-electron chi connectivity index (χ0n) is 13.2. The fourth-order valence-electron chi connectivity index (χ4n) is 1.98. The number of aliphatic imine (C=N–C) groups is 1. The molecule has 0 N–H and O–H groups in total. The minimum atomic E-state index is -1.58. The van der Waals surface area contributed by atoms with Gasteiger partial charge in [-0.3, -0.25) is 4.99 Å². The summed E-state index contributed by atoms with van der Waals surface area (Å²) in [6.07, 6.45) is 6.43. The van der Waals surface area contributed by atoms with E-state index in [0.717, 1.165) is 24.4 Å². The van der Waals surface area contributed by atoms with Crippen molar-refractivity contribution in [2.24, 2.45) is 12.0 Å². The van der Waals surface area contributed by atoms with Crippen LogP contribution in [0.4, 0.5) is 0 Å². The van der Waals surface area contributed by atoms with Crippen LogP contribution in [0.2, 0.25) is 19.6 Å². The lowest BCUT2D eigenvalue weighted by Gasteiger charge is -2.21. The van der Waals surface area contributed by atoms with Crippen LogP contribution in [0.3, 0.4) is 0 Å². The lowest BCUT2D eigenvalue weighted by atomic mass is 10.1. The minimum absolute atomic E-state index is 0.739. The van der Waals surface area contributed by atoms with Gasteiger partial charge in [0.05, 0.1) is 12.0 Å². The zero-order chi connectivity index (χ0) is 15.3. The number of nitrogens with zero attached hydrogens (tertiary/aromatic N) is 3. The van der Waals surface area contributed by atoms with E-state index in [1.54, 1.807) is 6.33 Å². The Hall–Kier alpha value is -1.88. The van der Waals surface area contributed by atoms with Gasteiger partial charge >= 0.3 is 0 Å². The van der Waals surface area contributed by atoms with E-state index in [1.807, 2.05) is 30.1 Å². The zero-order valence-corrected chi connectivity index (χ0v) is 14.2. The molecule has 0 bridgehead atoms. The number of hydrogen-bond donors (Lipinski definition) is 0. The molecule has 1 aromatic carbocycles. The van der Waals surface area contributed by atoms with Crippen LogP contribution >= 0.6 is 0 Å². The molecule has 0 radical (unpaired) electrons. The van der Waals surface area contributed by atoms with E-state index in [1.165, 1.54) is 5.56 Å². The van der Waals surface area contributed by atoms with Crippen molar-refractivity contribution in [2.45, 2.75) is 26.1 Å². The smallest absolute Gasteiger partial charge is 0.242 e. The first-order chi connectivity index (χ1) is 9.94. The SMILES string of the molecule is Cn1cnc(C=NCCc2ccccc2O[Si](C)(C)C)c1. The molecule has 0 atom stereocenters. The van der Waals surface area contributed by atoms with Crippen LogP contribution < -0.4 is 4.43 Å². The van der Waals surface area contributed by atoms with Crippen LogP contribution in [0.1, 0.15) is 11.3 Å². The van der Waals surface area contributed by atoms with Crippen molar-refractivity contribution in [3.05, 3.63) is 48.0 Å². The van der Waals surface area contributed by atoms with Gasteiger partial charge in [-0.1, -0.05) is 18.2 Å². The van der Waals surface area contributed by atoms with E-state index >= 15 is 0 Å². The van der Waals surface area contributed by atoms with E-state index in [-0.39, 0.29) is 0 Å². The Morgan fingerprint density at radius 1 is 1.29 bits per heavy atom. The maximum atomic E-state index is 6.12. The summed E-state index contributed by atoms with van der Waals surface area (Å²) >= 11 is 0. The molecule has 0 amide bonds. The highest BCUT2D eigenvalue weighted by Crippen LogP contribution is 2.22. The molecule has 4 nitrogen and oxygen atoms in total. The molecular weight excluding hydrogens is 278 g/mol. The number of benzene rings is 1. The van der Waals surface area contributed by atoms with Gasteiger partial charge in [-0.25, -0.2) is 4.98 Å².